The molecule has 1 aromatic heterocycles. The van der Waals surface area contributed by atoms with Gasteiger partial charge in [-0.1, -0.05) is 34.1 Å². The van der Waals surface area contributed by atoms with Gasteiger partial charge < -0.3 is 0 Å². The Morgan fingerprint density at radius 1 is 1.33 bits per heavy atom. The minimum absolute atomic E-state index is 1.07. The van der Waals surface area contributed by atoms with Crippen LogP contribution in [0.25, 0.3) is 0 Å². The minimum atomic E-state index is 1.07. The topological polar surface area (TPSA) is 0 Å². The Balaban J connectivity index is 2.11. The molecule has 0 radical (unpaired) electrons. The van der Waals surface area contributed by atoms with E-state index in [-0.39, 0.29) is 0 Å². The van der Waals surface area contributed by atoms with Crippen molar-refractivity contribution in [1.29, 1.82) is 0 Å². The van der Waals surface area contributed by atoms with E-state index in [0.29, 0.717) is 0 Å². The van der Waals surface area contributed by atoms with Gasteiger partial charge in [-0.2, -0.15) is 0 Å². The van der Waals surface area contributed by atoms with Crippen LogP contribution in [0.5, 0.6) is 0 Å². The van der Waals surface area contributed by atoms with Crippen LogP contribution in [-0.4, -0.2) is 5.33 Å². The average molecular weight is 245 g/mol. The molecule has 0 amide bonds. The van der Waals surface area contributed by atoms with Crippen molar-refractivity contribution in [3.8, 4) is 0 Å². The van der Waals surface area contributed by atoms with Crippen LogP contribution in [0, 0.1) is 0 Å². The van der Waals surface area contributed by atoms with E-state index in [0.717, 1.165) is 11.8 Å². The van der Waals surface area contributed by atoms with Crippen LogP contribution < -0.4 is 0 Å². The van der Waals surface area contributed by atoms with Crippen molar-refractivity contribution in [3.63, 3.8) is 0 Å². The lowest BCUT2D eigenvalue weighted by atomic mass is 10.2. The molecule has 0 saturated heterocycles. The molecule has 1 aromatic rings. The maximum absolute atomic E-state index is 3.39. The van der Waals surface area contributed by atoms with E-state index in [1.807, 2.05) is 11.3 Å². The molecule has 0 aliphatic heterocycles. The predicted octanol–water partition coefficient (Wildman–Crippen LogP) is 4.02. The first-order valence-corrected chi connectivity index (χ1v) is 6.17. The lowest BCUT2D eigenvalue weighted by Gasteiger charge is -1.90. The van der Waals surface area contributed by atoms with Crippen LogP contribution in [-0.2, 0) is 6.42 Å². The summed E-state index contributed by atoms with van der Waals surface area (Å²) in [6.45, 7) is 0. The fourth-order valence-corrected chi connectivity index (χ4v) is 1.97. The van der Waals surface area contributed by atoms with Crippen molar-refractivity contribution in [2.24, 2.45) is 0 Å². The smallest absolute Gasteiger partial charge is 0.00659 e. The van der Waals surface area contributed by atoms with E-state index < -0.39 is 0 Å². The van der Waals surface area contributed by atoms with E-state index in [4.69, 9.17) is 0 Å². The van der Waals surface area contributed by atoms with Crippen LogP contribution >= 0.6 is 27.3 Å². The SMILES string of the molecule is BrCCC=CCCc1cccs1. The maximum Gasteiger partial charge on any atom is 0.00659 e. The molecule has 66 valence electrons. The molecule has 0 aromatic carbocycles. The van der Waals surface area contributed by atoms with Crippen LogP contribution in [0.3, 0.4) is 0 Å². The van der Waals surface area contributed by atoms with Gasteiger partial charge in [-0.05, 0) is 30.7 Å². The van der Waals surface area contributed by atoms with Gasteiger partial charge >= 0.3 is 0 Å². The molecule has 0 fully saturated rings. The Labute approximate surface area is 86.4 Å². The summed E-state index contributed by atoms with van der Waals surface area (Å²) in [5.41, 5.74) is 0. The second-order valence-electron chi connectivity index (χ2n) is 2.57. The average Bonchev–Trinajstić information content (AvgIpc) is 2.57. The predicted molar refractivity (Wildman–Crippen MR) is 60.2 cm³/mol. The highest BCUT2D eigenvalue weighted by Gasteiger charge is 1.89. The lowest BCUT2D eigenvalue weighted by Crippen LogP contribution is -1.75. The van der Waals surface area contributed by atoms with Crippen molar-refractivity contribution in [3.05, 3.63) is 34.5 Å². The molecule has 12 heavy (non-hydrogen) atoms. The normalized spacial score (nSPS) is 11.1. The second-order valence-corrected chi connectivity index (χ2v) is 4.39. The van der Waals surface area contributed by atoms with Gasteiger partial charge in [0.05, 0.1) is 0 Å². The number of hydrogen-bond acceptors (Lipinski definition) is 1. The summed E-state index contributed by atoms with van der Waals surface area (Å²) in [5, 5.41) is 3.21. The first-order valence-electron chi connectivity index (χ1n) is 4.17. The van der Waals surface area contributed by atoms with Crippen LogP contribution in [0.1, 0.15) is 17.7 Å². The van der Waals surface area contributed by atoms with Gasteiger partial charge in [-0.25, -0.2) is 0 Å². The van der Waals surface area contributed by atoms with Crippen molar-refractivity contribution >= 4 is 27.3 Å². The summed E-state index contributed by atoms with van der Waals surface area (Å²) < 4.78 is 0. The highest BCUT2D eigenvalue weighted by atomic mass is 79.9. The first kappa shape index (κ1) is 10.0. The molecule has 0 aliphatic rings. The van der Waals surface area contributed by atoms with Crippen molar-refractivity contribution in [2.75, 3.05) is 5.33 Å². The quantitative estimate of drug-likeness (QED) is 0.543. The number of alkyl halides is 1. The zero-order chi connectivity index (χ0) is 8.65. The molecule has 0 unspecified atom stereocenters. The number of aryl methyl sites for hydroxylation is 1. The second kappa shape index (κ2) is 6.44. The zero-order valence-electron chi connectivity index (χ0n) is 7.00. The van der Waals surface area contributed by atoms with Crippen LogP contribution in [0.15, 0.2) is 29.7 Å². The molecule has 0 atom stereocenters. The highest BCUT2D eigenvalue weighted by Crippen LogP contribution is 2.10. The number of rotatable bonds is 5. The molecule has 0 saturated carbocycles. The summed E-state index contributed by atoms with van der Waals surface area (Å²) in [4.78, 5) is 1.48. The largest absolute Gasteiger partial charge is 0.149 e. The first-order chi connectivity index (χ1) is 5.93. The fraction of sp³-hybridized carbons (Fsp3) is 0.400. The molecule has 0 nitrogen and oxygen atoms in total. The Kier molecular flexibility index (Phi) is 5.37. The van der Waals surface area contributed by atoms with E-state index in [1.165, 1.54) is 17.7 Å². The fourth-order valence-electron chi connectivity index (χ4n) is 0.979. The molecule has 1 heterocycles. The van der Waals surface area contributed by atoms with Crippen LogP contribution in [0.4, 0.5) is 0 Å². The zero-order valence-corrected chi connectivity index (χ0v) is 9.40. The van der Waals surface area contributed by atoms with Crippen molar-refractivity contribution in [2.45, 2.75) is 19.3 Å². The third kappa shape index (κ3) is 4.07. The standard InChI is InChI=1S/C10H13BrS/c11-8-4-2-1-3-6-10-7-5-9-12-10/h1-2,5,7,9H,3-4,6,8H2. The molecular weight excluding hydrogens is 232 g/mol. The third-order valence-corrected chi connectivity index (χ3v) is 2.97. The third-order valence-electron chi connectivity index (χ3n) is 1.58. The van der Waals surface area contributed by atoms with E-state index >= 15 is 0 Å². The van der Waals surface area contributed by atoms with E-state index in [1.54, 1.807) is 0 Å². The molecule has 1 rings (SSSR count). The van der Waals surface area contributed by atoms with Crippen LogP contribution in [0.2, 0.25) is 0 Å². The van der Waals surface area contributed by atoms with Crippen molar-refractivity contribution in [1.82, 2.24) is 0 Å². The molecule has 0 bridgehead atoms. The number of halogens is 1. The maximum atomic E-state index is 3.39. The molecular formula is C10H13BrS. The van der Waals surface area contributed by atoms with Gasteiger partial charge in [0.15, 0.2) is 0 Å². The number of allylic oxidation sites excluding steroid dienone is 2. The van der Waals surface area contributed by atoms with Gasteiger partial charge in [0.25, 0.3) is 0 Å². The Morgan fingerprint density at radius 3 is 2.83 bits per heavy atom. The molecule has 0 spiro atoms. The Morgan fingerprint density at radius 2 is 2.17 bits per heavy atom. The molecule has 2 heteroatoms. The number of hydrogen-bond donors (Lipinski definition) is 0. The number of thiophene rings is 1. The summed E-state index contributed by atoms with van der Waals surface area (Å²) in [6, 6.07) is 4.31. The summed E-state index contributed by atoms with van der Waals surface area (Å²) >= 11 is 5.23. The molecule has 0 N–H and O–H groups in total. The summed E-state index contributed by atoms with van der Waals surface area (Å²) in [6.07, 6.45) is 8.01. The lowest BCUT2D eigenvalue weighted by molar-refractivity contribution is 1.02. The molecule has 0 aliphatic carbocycles. The summed E-state index contributed by atoms with van der Waals surface area (Å²) in [5.74, 6) is 0. The van der Waals surface area contributed by atoms with Gasteiger partial charge in [0, 0.05) is 10.2 Å². The van der Waals surface area contributed by atoms with Gasteiger partial charge in [-0.3, -0.25) is 0 Å². The van der Waals surface area contributed by atoms with Gasteiger partial charge in [0.1, 0.15) is 0 Å². The van der Waals surface area contributed by atoms with E-state index in [2.05, 4.69) is 45.6 Å². The van der Waals surface area contributed by atoms with Gasteiger partial charge in [0.2, 0.25) is 0 Å². The Hall–Kier alpha value is -0.0800. The minimum Gasteiger partial charge on any atom is -0.149 e. The van der Waals surface area contributed by atoms with Crippen molar-refractivity contribution < 1.29 is 0 Å². The Bertz CT molecular complexity index is 214. The summed E-state index contributed by atoms with van der Waals surface area (Å²) in [7, 11) is 0. The highest BCUT2D eigenvalue weighted by molar-refractivity contribution is 9.09. The monoisotopic (exact) mass is 244 g/mol. The van der Waals surface area contributed by atoms with Gasteiger partial charge in [-0.15, -0.1) is 11.3 Å². The van der Waals surface area contributed by atoms with E-state index in [9.17, 15) is 0 Å².